The Hall–Kier alpha value is -4.56. The first-order valence-corrected chi connectivity index (χ1v) is 12.3. The van der Waals surface area contributed by atoms with E-state index in [9.17, 15) is 19.8 Å². The summed E-state index contributed by atoms with van der Waals surface area (Å²) < 4.78 is 0. The van der Waals surface area contributed by atoms with Gasteiger partial charge in [-0.3, -0.25) is 10.2 Å². The molecule has 4 aromatic carbocycles. The molecule has 0 spiro atoms. The van der Waals surface area contributed by atoms with Gasteiger partial charge in [-0.05, 0) is 65.4 Å². The smallest absolute Gasteiger partial charge is 0.335 e. The maximum absolute atomic E-state index is 12.7. The van der Waals surface area contributed by atoms with E-state index in [2.05, 4.69) is 28.0 Å². The summed E-state index contributed by atoms with van der Waals surface area (Å²) in [5.41, 5.74) is 7.72. The monoisotopic (exact) mass is 495 g/mol. The minimum atomic E-state index is -1.05. The fourth-order valence-electron chi connectivity index (χ4n) is 4.03. The number of carbonyl (C=O) groups excluding carboxylic acids is 1. The van der Waals surface area contributed by atoms with Crippen molar-refractivity contribution in [3.63, 3.8) is 0 Å². The second-order valence-electron chi connectivity index (χ2n) is 8.10. The van der Waals surface area contributed by atoms with Crippen LogP contribution in [0.15, 0.2) is 94.9 Å². The zero-order chi connectivity index (χ0) is 25.2. The Bertz CT molecular complexity index is 1530. The molecule has 0 aliphatic carbocycles. The maximum atomic E-state index is 12.7. The molecule has 0 aromatic heterocycles. The summed E-state index contributed by atoms with van der Waals surface area (Å²) in [4.78, 5) is 25.1. The molecule has 7 nitrogen and oxygen atoms in total. The largest absolute Gasteiger partial charge is 0.505 e. The number of aromatic carboxylic acids is 1. The molecule has 4 aromatic rings. The van der Waals surface area contributed by atoms with E-state index in [1.807, 2.05) is 36.6 Å². The van der Waals surface area contributed by atoms with E-state index in [0.717, 1.165) is 11.1 Å². The van der Waals surface area contributed by atoms with Gasteiger partial charge in [-0.15, -0.1) is 11.8 Å². The van der Waals surface area contributed by atoms with Gasteiger partial charge in [0.2, 0.25) is 0 Å². The Morgan fingerprint density at radius 1 is 0.889 bits per heavy atom. The molecule has 0 saturated carbocycles. The zero-order valence-corrected chi connectivity index (χ0v) is 20.0. The standard InChI is InChI=1S/C28H21N3O4S/c1-36-20-11-8-16(9-12-20)17-10-13-22-24(15-17)29-27(33)25(22)31-30-23-7-3-6-21(26(23)32)18-4-2-5-19(14-18)28(34)35/h2-15,30,32H,1H3,(H,34,35)(H,29,31,33). The summed E-state index contributed by atoms with van der Waals surface area (Å²) in [7, 11) is 0. The quantitative estimate of drug-likeness (QED) is 0.150. The molecule has 0 radical (unpaired) electrons. The van der Waals surface area contributed by atoms with Crippen molar-refractivity contribution < 1.29 is 19.8 Å². The van der Waals surface area contributed by atoms with Gasteiger partial charge in [-0.1, -0.05) is 42.5 Å². The fraction of sp³-hybridized carbons (Fsp3) is 0.0357. The van der Waals surface area contributed by atoms with Crippen molar-refractivity contribution in [1.29, 1.82) is 0 Å². The number of carbonyl (C=O) groups is 2. The first-order chi connectivity index (χ1) is 17.4. The normalized spacial score (nSPS) is 13.4. The number of rotatable bonds is 6. The van der Waals surface area contributed by atoms with Crippen LogP contribution in [0.2, 0.25) is 0 Å². The van der Waals surface area contributed by atoms with Gasteiger partial charge in [0.15, 0.2) is 5.71 Å². The highest BCUT2D eigenvalue weighted by Gasteiger charge is 2.26. The molecule has 178 valence electrons. The van der Waals surface area contributed by atoms with Crippen molar-refractivity contribution in [2.75, 3.05) is 17.0 Å². The van der Waals surface area contributed by atoms with Gasteiger partial charge in [-0.25, -0.2) is 4.79 Å². The van der Waals surface area contributed by atoms with Gasteiger partial charge in [0.05, 0.1) is 16.9 Å². The molecular formula is C28H21N3O4S. The average Bonchev–Trinajstić information content (AvgIpc) is 3.22. The number of nitrogens with zero attached hydrogens (tertiary/aromatic N) is 1. The van der Waals surface area contributed by atoms with E-state index in [-0.39, 0.29) is 28.6 Å². The number of aromatic hydroxyl groups is 1. The number of benzene rings is 4. The molecule has 1 aliphatic rings. The van der Waals surface area contributed by atoms with Crippen molar-refractivity contribution in [3.8, 4) is 28.0 Å². The molecule has 0 unspecified atom stereocenters. The number of amides is 1. The number of hydrogen-bond acceptors (Lipinski definition) is 6. The summed E-state index contributed by atoms with van der Waals surface area (Å²) in [5, 5.41) is 27.2. The summed E-state index contributed by atoms with van der Waals surface area (Å²) in [5.74, 6) is -1.51. The van der Waals surface area contributed by atoms with Gasteiger partial charge in [0.25, 0.3) is 5.91 Å². The SMILES string of the molecule is CSc1ccc(-c2ccc3c(c2)NC(=O)C3=NNc2cccc(-c3cccc(C(=O)O)c3)c2O)cc1. The van der Waals surface area contributed by atoms with E-state index in [1.165, 1.54) is 17.0 Å². The van der Waals surface area contributed by atoms with Gasteiger partial charge in [0.1, 0.15) is 5.75 Å². The molecular weight excluding hydrogens is 474 g/mol. The van der Waals surface area contributed by atoms with Gasteiger partial charge in [-0.2, -0.15) is 5.10 Å². The predicted octanol–water partition coefficient (Wildman–Crippen LogP) is 5.91. The zero-order valence-electron chi connectivity index (χ0n) is 19.1. The lowest BCUT2D eigenvalue weighted by Gasteiger charge is -2.10. The van der Waals surface area contributed by atoms with E-state index < -0.39 is 5.97 Å². The molecule has 4 N–H and O–H groups in total. The topological polar surface area (TPSA) is 111 Å². The number of anilines is 2. The first kappa shape index (κ1) is 23.2. The predicted molar refractivity (Wildman–Crippen MR) is 143 cm³/mol. The van der Waals surface area contributed by atoms with E-state index in [0.29, 0.717) is 22.4 Å². The summed E-state index contributed by atoms with van der Waals surface area (Å²) >= 11 is 1.68. The summed E-state index contributed by atoms with van der Waals surface area (Å²) in [6.07, 6.45) is 2.03. The average molecular weight is 496 g/mol. The highest BCUT2D eigenvalue weighted by Crippen LogP contribution is 2.36. The van der Waals surface area contributed by atoms with Crippen LogP contribution in [0.25, 0.3) is 22.3 Å². The van der Waals surface area contributed by atoms with Crippen LogP contribution in [0.4, 0.5) is 11.4 Å². The van der Waals surface area contributed by atoms with Crippen molar-refractivity contribution >= 4 is 40.7 Å². The Balaban J connectivity index is 1.42. The minimum Gasteiger partial charge on any atom is -0.505 e. The molecule has 0 saturated heterocycles. The first-order valence-electron chi connectivity index (χ1n) is 11.0. The van der Waals surface area contributed by atoms with Crippen molar-refractivity contribution in [1.82, 2.24) is 0 Å². The lowest BCUT2D eigenvalue weighted by Crippen LogP contribution is -2.15. The third-order valence-corrected chi connectivity index (χ3v) is 6.65. The molecule has 5 rings (SSSR count). The second-order valence-corrected chi connectivity index (χ2v) is 8.98. The Kier molecular flexibility index (Phi) is 6.18. The number of fused-ring (bicyclic) bond motifs is 1. The van der Waals surface area contributed by atoms with Crippen LogP contribution >= 0.6 is 11.8 Å². The fourth-order valence-corrected chi connectivity index (χ4v) is 4.44. The van der Waals surface area contributed by atoms with Crippen LogP contribution in [0.3, 0.4) is 0 Å². The second kappa shape index (κ2) is 9.59. The lowest BCUT2D eigenvalue weighted by molar-refractivity contribution is -0.110. The molecule has 1 amide bonds. The minimum absolute atomic E-state index is 0.105. The highest BCUT2D eigenvalue weighted by atomic mass is 32.2. The van der Waals surface area contributed by atoms with Gasteiger partial charge >= 0.3 is 5.97 Å². The van der Waals surface area contributed by atoms with Crippen molar-refractivity contribution in [2.45, 2.75) is 4.90 Å². The number of phenols is 1. The van der Waals surface area contributed by atoms with Crippen LogP contribution in [-0.4, -0.2) is 34.1 Å². The maximum Gasteiger partial charge on any atom is 0.335 e. The third kappa shape index (κ3) is 4.42. The lowest BCUT2D eigenvalue weighted by atomic mass is 10.0. The van der Waals surface area contributed by atoms with Crippen LogP contribution < -0.4 is 10.7 Å². The Morgan fingerprint density at radius 3 is 2.39 bits per heavy atom. The van der Waals surface area contributed by atoms with E-state index >= 15 is 0 Å². The molecule has 36 heavy (non-hydrogen) atoms. The Morgan fingerprint density at radius 2 is 1.64 bits per heavy atom. The summed E-state index contributed by atoms with van der Waals surface area (Å²) in [6, 6.07) is 25.2. The highest BCUT2D eigenvalue weighted by molar-refractivity contribution is 7.98. The van der Waals surface area contributed by atoms with Crippen molar-refractivity contribution in [2.24, 2.45) is 5.10 Å². The number of carboxylic acid groups (broad SMARTS) is 1. The third-order valence-electron chi connectivity index (χ3n) is 5.91. The molecule has 0 atom stereocenters. The number of hydrazone groups is 1. The van der Waals surface area contributed by atoms with Gasteiger partial charge in [0, 0.05) is 16.0 Å². The van der Waals surface area contributed by atoms with Crippen LogP contribution in [0.1, 0.15) is 15.9 Å². The van der Waals surface area contributed by atoms with Crippen LogP contribution in [0, 0.1) is 0 Å². The van der Waals surface area contributed by atoms with Crippen LogP contribution in [-0.2, 0) is 4.79 Å². The number of thioether (sulfide) groups is 1. The van der Waals surface area contributed by atoms with Crippen molar-refractivity contribution in [3.05, 3.63) is 96.1 Å². The van der Waals surface area contributed by atoms with E-state index in [4.69, 9.17) is 0 Å². The number of para-hydroxylation sites is 1. The van der Waals surface area contributed by atoms with Crippen LogP contribution in [0.5, 0.6) is 5.75 Å². The number of hydrogen-bond donors (Lipinski definition) is 4. The molecule has 8 heteroatoms. The molecule has 1 aliphatic heterocycles. The number of carboxylic acids is 1. The number of nitrogens with one attached hydrogen (secondary N) is 2. The van der Waals surface area contributed by atoms with E-state index in [1.54, 1.807) is 42.1 Å². The molecule has 0 fully saturated rings. The molecule has 1 heterocycles. The summed E-state index contributed by atoms with van der Waals surface area (Å²) in [6.45, 7) is 0. The Labute approximate surface area is 211 Å². The molecule has 0 bridgehead atoms. The number of phenolic OH excluding ortho intramolecular Hbond substituents is 1. The van der Waals surface area contributed by atoms with Gasteiger partial charge < -0.3 is 15.5 Å².